The van der Waals surface area contributed by atoms with Crippen molar-refractivity contribution in [3.63, 3.8) is 0 Å². The van der Waals surface area contributed by atoms with E-state index in [1.807, 2.05) is 12.1 Å². The Balaban J connectivity index is 1.64. The number of hydrogen-bond donors (Lipinski definition) is 1. The van der Waals surface area contributed by atoms with Crippen molar-refractivity contribution in [1.29, 1.82) is 0 Å². The molecule has 0 heterocycles. The quantitative estimate of drug-likeness (QED) is 0.816. The van der Waals surface area contributed by atoms with Crippen LogP contribution < -0.4 is 5.32 Å². The van der Waals surface area contributed by atoms with Gasteiger partial charge in [-0.15, -0.1) is 0 Å². The Morgan fingerprint density at radius 2 is 2.06 bits per heavy atom. The van der Waals surface area contributed by atoms with Crippen LogP contribution in [0.25, 0.3) is 0 Å². The van der Waals surface area contributed by atoms with Crippen molar-refractivity contribution in [2.75, 3.05) is 6.54 Å². The van der Waals surface area contributed by atoms with Gasteiger partial charge in [-0.1, -0.05) is 35.3 Å². The summed E-state index contributed by atoms with van der Waals surface area (Å²) in [5.41, 5.74) is 1.73. The summed E-state index contributed by atoms with van der Waals surface area (Å²) < 4.78 is 0. The molecule has 98 valence electrons. The maximum Gasteiger partial charge on any atom is 0.0639 e. The molecule has 1 atom stereocenters. The molecule has 1 aromatic carbocycles. The molecule has 0 aliphatic heterocycles. The normalized spacial score (nSPS) is 22.8. The molecule has 2 aliphatic carbocycles. The fourth-order valence-corrected chi connectivity index (χ4v) is 3.38. The molecule has 0 radical (unpaired) electrons. The number of hydrogen-bond acceptors (Lipinski definition) is 1. The van der Waals surface area contributed by atoms with Crippen molar-refractivity contribution in [1.82, 2.24) is 5.32 Å². The Labute approximate surface area is 119 Å². The van der Waals surface area contributed by atoms with Crippen LogP contribution in [-0.2, 0) is 0 Å². The van der Waals surface area contributed by atoms with Gasteiger partial charge in [-0.25, -0.2) is 0 Å². The summed E-state index contributed by atoms with van der Waals surface area (Å²) in [6.07, 6.45) is 5.68. The van der Waals surface area contributed by atoms with Crippen LogP contribution in [0.3, 0.4) is 0 Å². The second kappa shape index (κ2) is 4.70. The monoisotopic (exact) mass is 283 g/mol. The smallest absolute Gasteiger partial charge is 0.0639 e. The first-order valence-electron chi connectivity index (χ1n) is 6.80. The van der Waals surface area contributed by atoms with Gasteiger partial charge < -0.3 is 5.32 Å². The highest BCUT2D eigenvalue weighted by Gasteiger charge is 2.53. The van der Waals surface area contributed by atoms with E-state index in [9.17, 15) is 0 Å². The van der Waals surface area contributed by atoms with E-state index in [4.69, 9.17) is 23.2 Å². The molecule has 1 N–H and O–H groups in total. The van der Waals surface area contributed by atoms with Crippen LogP contribution in [0, 0.1) is 11.3 Å². The first-order chi connectivity index (χ1) is 8.62. The Hall–Kier alpha value is -0.240. The zero-order valence-corrected chi connectivity index (χ0v) is 12.2. The summed E-state index contributed by atoms with van der Waals surface area (Å²) in [5.74, 6) is 0.993. The van der Waals surface area contributed by atoms with E-state index in [2.05, 4.69) is 18.3 Å². The first-order valence-corrected chi connectivity index (χ1v) is 7.55. The van der Waals surface area contributed by atoms with Gasteiger partial charge in [0.05, 0.1) is 10.0 Å². The van der Waals surface area contributed by atoms with Crippen molar-refractivity contribution in [2.45, 2.75) is 38.6 Å². The van der Waals surface area contributed by atoms with Crippen LogP contribution in [0.2, 0.25) is 10.0 Å². The molecule has 2 aliphatic rings. The third kappa shape index (κ3) is 2.41. The van der Waals surface area contributed by atoms with E-state index in [1.165, 1.54) is 25.7 Å². The highest BCUT2D eigenvalue weighted by Crippen LogP contribution is 2.61. The fraction of sp³-hybridized carbons (Fsp3) is 0.600. The number of halogens is 2. The Bertz CT molecular complexity index is 450. The predicted molar refractivity (Wildman–Crippen MR) is 77.3 cm³/mol. The summed E-state index contributed by atoms with van der Waals surface area (Å²) in [4.78, 5) is 0. The Morgan fingerprint density at radius 3 is 2.67 bits per heavy atom. The lowest BCUT2D eigenvalue weighted by atomic mass is 9.99. The summed E-state index contributed by atoms with van der Waals surface area (Å²) >= 11 is 12.3. The lowest BCUT2D eigenvalue weighted by Gasteiger charge is -2.21. The van der Waals surface area contributed by atoms with E-state index in [0.29, 0.717) is 15.5 Å². The topological polar surface area (TPSA) is 12.0 Å². The second-order valence-corrected chi connectivity index (χ2v) is 6.67. The molecule has 1 unspecified atom stereocenters. The lowest BCUT2D eigenvalue weighted by molar-refractivity contribution is 0.382. The highest BCUT2D eigenvalue weighted by molar-refractivity contribution is 6.42. The Kier molecular flexibility index (Phi) is 3.34. The van der Waals surface area contributed by atoms with Crippen LogP contribution >= 0.6 is 23.2 Å². The maximum absolute atomic E-state index is 6.26. The van der Waals surface area contributed by atoms with Crippen LogP contribution in [0.15, 0.2) is 18.2 Å². The molecular formula is C15H19Cl2N. The SMILES string of the molecule is CC(NCC1(C2CC2)CC1)c1cccc(Cl)c1Cl. The number of rotatable bonds is 5. The zero-order valence-electron chi connectivity index (χ0n) is 10.7. The predicted octanol–water partition coefficient (Wildman–Crippen LogP) is 4.83. The van der Waals surface area contributed by atoms with Crippen LogP contribution in [-0.4, -0.2) is 6.54 Å². The Morgan fingerprint density at radius 1 is 1.33 bits per heavy atom. The lowest BCUT2D eigenvalue weighted by Crippen LogP contribution is -2.28. The number of benzene rings is 1. The van der Waals surface area contributed by atoms with Gasteiger partial charge in [-0.3, -0.25) is 0 Å². The van der Waals surface area contributed by atoms with Gasteiger partial charge in [0.25, 0.3) is 0 Å². The minimum absolute atomic E-state index is 0.271. The summed E-state index contributed by atoms with van der Waals surface area (Å²) in [5, 5.41) is 4.98. The van der Waals surface area contributed by atoms with Crippen molar-refractivity contribution in [3.05, 3.63) is 33.8 Å². The molecule has 3 rings (SSSR count). The second-order valence-electron chi connectivity index (χ2n) is 5.88. The molecule has 1 nitrogen and oxygen atoms in total. The van der Waals surface area contributed by atoms with Crippen LogP contribution in [0.1, 0.15) is 44.2 Å². The molecule has 18 heavy (non-hydrogen) atoms. The molecule has 2 fully saturated rings. The van der Waals surface area contributed by atoms with Crippen molar-refractivity contribution < 1.29 is 0 Å². The van der Waals surface area contributed by atoms with Gasteiger partial charge in [0, 0.05) is 12.6 Å². The molecule has 0 aromatic heterocycles. The molecule has 0 spiro atoms. The first kappa shape index (κ1) is 12.8. The fourth-order valence-electron chi connectivity index (χ4n) is 2.91. The van der Waals surface area contributed by atoms with Gasteiger partial charge in [-0.2, -0.15) is 0 Å². The molecule has 0 bridgehead atoms. The van der Waals surface area contributed by atoms with E-state index in [0.717, 1.165) is 18.0 Å². The molecule has 2 saturated carbocycles. The molecule has 1 aromatic rings. The minimum atomic E-state index is 0.271. The number of nitrogens with one attached hydrogen (secondary N) is 1. The van der Waals surface area contributed by atoms with E-state index in [-0.39, 0.29) is 6.04 Å². The summed E-state index contributed by atoms with van der Waals surface area (Å²) in [6.45, 7) is 3.29. The van der Waals surface area contributed by atoms with Gasteiger partial charge >= 0.3 is 0 Å². The van der Waals surface area contributed by atoms with E-state index in [1.54, 1.807) is 0 Å². The molecule has 3 heteroatoms. The van der Waals surface area contributed by atoms with Gasteiger partial charge in [0.15, 0.2) is 0 Å². The third-order valence-electron chi connectivity index (χ3n) is 4.54. The van der Waals surface area contributed by atoms with E-state index < -0.39 is 0 Å². The van der Waals surface area contributed by atoms with Crippen molar-refractivity contribution in [3.8, 4) is 0 Å². The largest absolute Gasteiger partial charge is 0.310 e. The zero-order chi connectivity index (χ0) is 12.8. The van der Waals surface area contributed by atoms with E-state index >= 15 is 0 Å². The van der Waals surface area contributed by atoms with Crippen molar-refractivity contribution >= 4 is 23.2 Å². The van der Waals surface area contributed by atoms with Gasteiger partial charge in [0.1, 0.15) is 0 Å². The summed E-state index contributed by atoms with van der Waals surface area (Å²) in [6, 6.07) is 6.14. The minimum Gasteiger partial charge on any atom is -0.310 e. The standard InChI is InChI=1S/C15H19Cl2N/c1-10(12-3-2-4-13(16)14(12)17)18-9-15(7-8-15)11-5-6-11/h2-4,10-11,18H,5-9H2,1H3. The van der Waals surface area contributed by atoms with Gasteiger partial charge in [0.2, 0.25) is 0 Å². The average molecular weight is 284 g/mol. The molecule has 0 saturated heterocycles. The average Bonchev–Trinajstić information content (AvgIpc) is 3.22. The third-order valence-corrected chi connectivity index (χ3v) is 5.38. The van der Waals surface area contributed by atoms with Crippen LogP contribution in [0.4, 0.5) is 0 Å². The van der Waals surface area contributed by atoms with Crippen molar-refractivity contribution in [2.24, 2.45) is 11.3 Å². The van der Waals surface area contributed by atoms with Gasteiger partial charge in [-0.05, 0) is 55.6 Å². The summed E-state index contributed by atoms with van der Waals surface area (Å²) in [7, 11) is 0. The maximum atomic E-state index is 6.26. The molecule has 0 amide bonds. The molecular weight excluding hydrogens is 265 g/mol. The van der Waals surface area contributed by atoms with Crippen LogP contribution in [0.5, 0.6) is 0 Å². The highest BCUT2D eigenvalue weighted by atomic mass is 35.5.